The number of halogens is 1. The molecule has 1 aliphatic rings. The van der Waals surface area contributed by atoms with Gasteiger partial charge in [-0.15, -0.1) is 0 Å². The molecule has 9 heteroatoms. The van der Waals surface area contributed by atoms with E-state index in [1.807, 2.05) is 6.07 Å². The first-order valence-corrected chi connectivity index (χ1v) is 10.9. The van der Waals surface area contributed by atoms with Gasteiger partial charge in [-0.3, -0.25) is 9.59 Å². The van der Waals surface area contributed by atoms with Gasteiger partial charge < -0.3 is 15.4 Å². The summed E-state index contributed by atoms with van der Waals surface area (Å²) in [6.07, 6.45) is -0.192. The van der Waals surface area contributed by atoms with Crippen LogP contribution in [0.1, 0.15) is 18.9 Å². The first kappa shape index (κ1) is 20.3. The Hall–Kier alpha value is -2.39. The Balaban J connectivity index is 1.78. The minimum Gasteiger partial charge on any atom is -0.482 e. The molecule has 2 N–H and O–H groups in total. The van der Waals surface area contributed by atoms with Crippen LogP contribution in [0.15, 0.2) is 45.8 Å². The van der Waals surface area contributed by atoms with Crippen molar-refractivity contribution in [3.05, 3.63) is 46.4 Å². The van der Waals surface area contributed by atoms with Gasteiger partial charge in [-0.1, -0.05) is 22.0 Å². The van der Waals surface area contributed by atoms with Gasteiger partial charge >= 0.3 is 0 Å². The van der Waals surface area contributed by atoms with E-state index in [2.05, 4.69) is 26.6 Å². The van der Waals surface area contributed by atoms with Crippen molar-refractivity contribution >= 4 is 49.0 Å². The molecule has 0 saturated carbocycles. The van der Waals surface area contributed by atoms with Crippen LogP contribution in [0.4, 0.5) is 11.4 Å². The SMILES string of the molecule is Cc1cc2c(cc1S(=O)(=O)[C@H](C)CC(=O)Nc1cccc(Br)c1)OCC(=O)N2. The van der Waals surface area contributed by atoms with E-state index in [1.54, 1.807) is 31.2 Å². The Bertz CT molecular complexity index is 1050. The van der Waals surface area contributed by atoms with Crippen molar-refractivity contribution in [2.24, 2.45) is 0 Å². The Kier molecular flexibility index (Phi) is 5.76. The predicted molar refractivity (Wildman–Crippen MR) is 109 cm³/mol. The fourth-order valence-electron chi connectivity index (χ4n) is 2.89. The molecule has 1 atom stereocenters. The monoisotopic (exact) mass is 466 g/mol. The summed E-state index contributed by atoms with van der Waals surface area (Å²) in [5.41, 5.74) is 1.50. The lowest BCUT2D eigenvalue weighted by atomic mass is 10.2. The number of hydrogen-bond donors (Lipinski definition) is 2. The molecule has 7 nitrogen and oxygen atoms in total. The smallest absolute Gasteiger partial charge is 0.262 e. The molecule has 0 fully saturated rings. The third-order valence-electron chi connectivity index (χ3n) is 4.33. The van der Waals surface area contributed by atoms with E-state index in [9.17, 15) is 18.0 Å². The summed E-state index contributed by atoms with van der Waals surface area (Å²) in [6, 6.07) is 10.0. The third-order valence-corrected chi connectivity index (χ3v) is 7.10. The highest BCUT2D eigenvalue weighted by molar-refractivity contribution is 9.10. The molecule has 0 unspecified atom stereocenters. The van der Waals surface area contributed by atoms with Crippen molar-refractivity contribution in [3.63, 3.8) is 0 Å². The van der Waals surface area contributed by atoms with E-state index in [-0.39, 0.29) is 23.8 Å². The molecular formula is C19H19BrN2O5S. The lowest BCUT2D eigenvalue weighted by molar-refractivity contribution is -0.118. The zero-order valence-electron chi connectivity index (χ0n) is 15.3. The number of ether oxygens (including phenoxy) is 1. The number of carbonyl (C=O) groups is 2. The quantitative estimate of drug-likeness (QED) is 0.703. The van der Waals surface area contributed by atoms with Crippen LogP contribution in [0.3, 0.4) is 0 Å². The normalized spacial score (nSPS) is 14.5. The fourth-order valence-corrected chi connectivity index (χ4v) is 4.87. The number of aryl methyl sites for hydroxylation is 1. The minimum absolute atomic E-state index is 0.0881. The molecular weight excluding hydrogens is 448 g/mol. The highest BCUT2D eigenvalue weighted by Gasteiger charge is 2.29. The summed E-state index contributed by atoms with van der Waals surface area (Å²) in [5, 5.41) is 4.41. The Labute approximate surface area is 171 Å². The van der Waals surface area contributed by atoms with Gasteiger partial charge in [-0.2, -0.15) is 0 Å². The lowest BCUT2D eigenvalue weighted by Crippen LogP contribution is -2.27. The zero-order chi connectivity index (χ0) is 20.5. The van der Waals surface area contributed by atoms with Crippen molar-refractivity contribution in [3.8, 4) is 5.75 Å². The highest BCUT2D eigenvalue weighted by atomic mass is 79.9. The maximum atomic E-state index is 13.0. The fraction of sp³-hybridized carbons (Fsp3) is 0.263. The van der Waals surface area contributed by atoms with Crippen molar-refractivity contribution < 1.29 is 22.7 Å². The molecule has 2 aromatic carbocycles. The van der Waals surface area contributed by atoms with Gasteiger partial charge in [-0.25, -0.2) is 8.42 Å². The second-order valence-corrected chi connectivity index (χ2v) is 9.82. The molecule has 148 valence electrons. The van der Waals surface area contributed by atoms with E-state index in [1.165, 1.54) is 13.0 Å². The Morgan fingerprint density at radius 1 is 1.32 bits per heavy atom. The van der Waals surface area contributed by atoms with Crippen molar-refractivity contribution in [2.45, 2.75) is 30.4 Å². The van der Waals surface area contributed by atoms with Gasteiger partial charge in [0.25, 0.3) is 5.91 Å². The number of benzene rings is 2. The van der Waals surface area contributed by atoms with Crippen molar-refractivity contribution in [1.82, 2.24) is 0 Å². The molecule has 0 saturated heterocycles. The van der Waals surface area contributed by atoms with Crippen LogP contribution in [0.2, 0.25) is 0 Å². The second kappa shape index (κ2) is 7.92. The summed E-state index contributed by atoms with van der Waals surface area (Å²) < 4.78 is 32.2. The van der Waals surface area contributed by atoms with E-state index < -0.39 is 21.0 Å². The standard InChI is InChI=1S/C19H19BrN2O5S/c1-11-6-15-16(27-10-19(24)22-15)9-17(11)28(25,26)12(2)7-18(23)21-14-5-3-4-13(20)8-14/h3-6,8-9,12H,7,10H2,1-2H3,(H,21,23)(H,22,24)/t12-/m1/s1. The van der Waals surface area contributed by atoms with Crippen LogP contribution in [0.25, 0.3) is 0 Å². The number of anilines is 2. The van der Waals surface area contributed by atoms with Crippen LogP contribution in [-0.2, 0) is 19.4 Å². The molecule has 2 aromatic rings. The average Bonchev–Trinajstić information content (AvgIpc) is 2.60. The molecule has 2 amide bonds. The first-order chi connectivity index (χ1) is 13.2. The summed E-state index contributed by atoms with van der Waals surface area (Å²) >= 11 is 3.32. The third kappa shape index (κ3) is 4.36. The predicted octanol–water partition coefficient (Wildman–Crippen LogP) is 3.28. The van der Waals surface area contributed by atoms with E-state index >= 15 is 0 Å². The molecule has 0 radical (unpaired) electrons. The van der Waals surface area contributed by atoms with E-state index in [4.69, 9.17) is 4.74 Å². The topological polar surface area (TPSA) is 102 Å². The molecule has 1 heterocycles. The number of amides is 2. The van der Waals surface area contributed by atoms with E-state index in [0.29, 0.717) is 22.7 Å². The van der Waals surface area contributed by atoms with Gasteiger partial charge in [0, 0.05) is 22.6 Å². The summed E-state index contributed by atoms with van der Waals surface area (Å²) in [5.74, 6) is -0.386. The molecule has 28 heavy (non-hydrogen) atoms. The maximum Gasteiger partial charge on any atom is 0.262 e. The van der Waals surface area contributed by atoms with Crippen LogP contribution in [0.5, 0.6) is 5.75 Å². The molecule has 0 bridgehead atoms. The van der Waals surface area contributed by atoms with Crippen LogP contribution >= 0.6 is 15.9 Å². The van der Waals surface area contributed by atoms with Crippen LogP contribution < -0.4 is 15.4 Å². The molecule has 0 aromatic heterocycles. The van der Waals surface area contributed by atoms with Crippen molar-refractivity contribution in [2.75, 3.05) is 17.2 Å². The molecule has 1 aliphatic heterocycles. The average molecular weight is 467 g/mol. The van der Waals surface area contributed by atoms with Gasteiger partial charge in [0.2, 0.25) is 5.91 Å². The second-order valence-electron chi connectivity index (χ2n) is 6.57. The largest absolute Gasteiger partial charge is 0.482 e. The number of rotatable bonds is 5. The van der Waals surface area contributed by atoms with Gasteiger partial charge in [-0.05, 0) is 43.7 Å². The minimum atomic E-state index is -3.77. The zero-order valence-corrected chi connectivity index (χ0v) is 17.7. The molecule has 0 spiro atoms. The Morgan fingerprint density at radius 2 is 2.07 bits per heavy atom. The number of nitrogens with one attached hydrogen (secondary N) is 2. The van der Waals surface area contributed by atoms with Crippen LogP contribution in [-0.4, -0.2) is 32.1 Å². The lowest BCUT2D eigenvalue weighted by Gasteiger charge is -2.21. The summed E-state index contributed by atoms with van der Waals surface area (Å²) in [7, 11) is -3.77. The number of hydrogen-bond acceptors (Lipinski definition) is 5. The summed E-state index contributed by atoms with van der Waals surface area (Å²) in [4.78, 5) is 23.8. The van der Waals surface area contributed by atoms with Crippen LogP contribution in [0, 0.1) is 6.92 Å². The molecule has 3 rings (SSSR count). The Morgan fingerprint density at radius 3 is 2.79 bits per heavy atom. The van der Waals surface area contributed by atoms with Gasteiger partial charge in [0.1, 0.15) is 5.75 Å². The van der Waals surface area contributed by atoms with Gasteiger partial charge in [0.15, 0.2) is 16.4 Å². The number of fused-ring (bicyclic) bond motifs is 1. The summed E-state index contributed by atoms with van der Waals surface area (Å²) in [6.45, 7) is 2.97. The maximum absolute atomic E-state index is 13.0. The number of carbonyl (C=O) groups excluding carboxylic acids is 2. The molecule has 0 aliphatic carbocycles. The van der Waals surface area contributed by atoms with E-state index in [0.717, 1.165) is 4.47 Å². The first-order valence-electron chi connectivity index (χ1n) is 8.53. The van der Waals surface area contributed by atoms with Crippen molar-refractivity contribution in [1.29, 1.82) is 0 Å². The highest BCUT2D eigenvalue weighted by Crippen LogP contribution is 2.34. The number of sulfone groups is 1. The van der Waals surface area contributed by atoms with Gasteiger partial charge in [0.05, 0.1) is 15.8 Å².